The predicted molar refractivity (Wildman–Crippen MR) is 94.2 cm³/mol. The lowest BCUT2D eigenvalue weighted by Gasteiger charge is -2.31. The van der Waals surface area contributed by atoms with Crippen LogP contribution >= 0.6 is 24.0 Å². The second-order valence-corrected chi connectivity index (χ2v) is 5.71. The van der Waals surface area contributed by atoms with E-state index in [0.29, 0.717) is 11.9 Å². The first kappa shape index (κ1) is 19.0. The third-order valence-electron chi connectivity index (χ3n) is 3.64. The summed E-state index contributed by atoms with van der Waals surface area (Å²) in [5, 5.41) is 3.22. The molecule has 1 aliphatic heterocycles. The maximum atomic E-state index is 5.81. The van der Waals surface area contributed by atoms with E-state index in [1.54, 1.807) is 0 Å². The summed E-state index contributed by atoms with van der Waals surface area (Å²) in [5.41, 5.74) is 5.81. The van der Waals surface area contributed by atoms with Crippen molar-refractivity contribution in [2.24, 2.45) is 22.6 Å². The summed E-state index contributed by atoms with van der Waals surface area (Å²) in [6.45, 7) is 12.0. The van der Waals surface area contributed by atoms with E-state index in [4.69, 9.17) is 5.73 Å². The summed E-state index contributed by atoms with van der Waals surface area (Å²) in [4.78, 5) is 6.84. The Kier molecular flexibility index (Phi) is 10.7. The molecule has 0 bridgehead atoms. The van der Waals surface area contributed by atoms with Crippen LogP contribution in [0.4, 0.5) is 0 Å². The molecule has 0 spiro atoms. The Morgan fingerprint density at radius 1 is 1.37 bits per heavy atom. The third-order valence-corrected chi connectivity index (χ3v) is 3.64. The van der Waals surface area contributed by atoms with Crippen molar-refractivity contribution in [3.05, 3.63) is 0 Å². The highest BCUT2D eigenvalue weighted by Gasteiger charge is 2.17. The van der Waals surface area contributed by atoms with Crippen LogP contribution in [0.2, 0.25) is 0 Å². The van der Waals surface area contributed by atoms with Gasteiger partial charge in [0.15, 0.2) is 5.96 Å². The van der Waals surface area contributed by atoms with Crippen molar-refractivity contribution in [2.45, 2.75) is 40.0 Å². The Bertz CT molecular complexity index is 248. The molecule has 1 heterocycles. The molecule has 0 unspecified atom stereocenters. The zero-order chi connectivity index (χ0) is 13.4. The summed E-state index contributed by atoms with van der Waals surface area (Å²) in [7, 11) is 0. The molecule has 114 valence electrons. The Labute approximate surface area is 135 Å². The van der Waals surface area contributed by atoms with Crippen LogP contribution in [-0.2, 0) is 0 Å². The van der Waals surface area contributed by atoms with E-state index in [-0.39, 0.29) is 24.0 Å². The monoisotopic (exact) mass is 382 g/mol. The highest BCUT2D eigenvalue weighted by atomic mass is 127. The van der Waals surface area contributed by atoms with Crippen molar-refractivity contribution in [1.29, 1.82) is 0 Å². The molecule has 1 saturated heterocycles. The van der Waals surface area contributed by atoms with Gasteiger partial charge in [-0.15, -0.1) is 24.0 Å². The van der Waals surface area contributed by atoms with Crippen molar-refractivity contribution in [3.63, 3.8) is 0 Å². The standard InChI is InChI=1S/C14H30N4.HI/c1-4-18-9-6-13(7-10-18)5-8-16-14(15)17-11-12(2)3;/h12-13H,4-11H2,1-3H3,(H3,15,16,17);1H. The minimum Gasteiger partial charge on any atom is -0.370 e. The van der Waals surface area contributed by atoms with Gasteiger partial charge in [0.2, 0.25) is 0 Å². The van der Waals surface area contributed by atoms with Gasteiger partial charge in [0.1, 0.15) is 0 Å². The van der Waals surface area contributed by atoms with Crippen molar-refractivity contribution >= 4 is 29.9 Å². The number of nitrogens with two attached hydrogens (primary N) is 1. The number of halogens is 1. The topological polar surface area (TPSA) is 53.6 Å². The normalized spacial score (nSPS) is 18.4. The maximum absolute atomic E-state index is 5.81. The van der Waals surface area contributed by atoms with Crippen molar-refractivity contribution in [1.82, 2.24) is 10.2 Å². The van der Waals surface area contributed by atoms with Crippen LogP contribution in [0.3, 0.4) is 0 Å². The molecule has 0 amide bonds. The predicted octanol–water partition coefficient (Wildman–Crippen LogP) is 2.29. The molecule has 19 heavy (non-hydrogen) atoms. The lowest BCUT2D eigenvalue weighted by atomic mass is 9.93. The van der Waals surface area contributed by atoms with Crippen LogP contribution in [0.25, 0.3) is 0 Å². The average molecular weight is 382 g/mol. The maximum Gasteiger partial charge on any atom is 0.188 e. The van der Waals surface area contributed by atoms with Crippen molar-refractivity contribution < 1.29 is 0 Å². The molecule has 0 atom stereocenters. The Morgan fingerprint density at radius 2 is 2.00 bits per heavy atom. The Morgan fingerprint density at radius 3 is 2.53 bits per heavy atom. The zero-order valence-electron chi connectivity index (χ0n) is 12.7. The first-order valence-corrected chi connectivity index (χ1v) is 7.38. The third kappa shape index (κ3) is 8.68. The summed E-state index contributed by atoms with van der Waals surface area (Å²) in [6.07, 6.45) is 3.88. The Hall–Kier alpha value is -0.0400. The number of nitrogens with zero attached hydrogens (tertiary/aromatic N) is 2. The minimum atomic E-state index is 0. The lowest BCUT2D eigenvalue weighted by molar-refractivity contribution is 0.187. The van der Waals surface area contributed by atoms with E-state index in [1.165, 1.54) is 38.9 Å². The smallest absolute Gasteiger partial charge is 0.188 e. The van der Waals surface area contributed by atoms with Gasteiger partial charge in [-0.25, -0.2) is 0 Å². The van der Waals surface area contributed by atoms with Crippen LogP contribution in [0, 0.1) is 11.8 Å². The number of likely N-dealkylation sites (tertiary alicyclic amines) is 1. The molecule has 0 aromatic carbocycles. The first-order chi connectivity index (χ1) is 8.61. The minimum absolute atomic E-state index is 0. The van der Waals surface area contributed by atoms with Crippen LogP contribution in [0.15, 0.2) is 4.99 Å². The van der Waals surface area contributed by atoms with Crippen molar-refractivity contribution in [3.8, 4) is 0 Å². The second-order valence-electron chi connectivity index (χ2n) is 5.71. The summed E-state index contributed by atoms with van der Waals surface area (Å²) in [5.74, 6) is 2.04. The van der Waals surface area contributed by atoms with Gasteiger partial charge in [-0.3, -0.25) is 4.99 Å². The number of aliphatic imine (C=N–C) groups is 1. The highest BCUT2D eigenvalue weighted by molar-refractivity contribution is 14.0. The van der Waals surface area contributed by atoms with Crippen LogP contribution in [0.5, 0.6) is 0 Å². The number of piperidine rings is 1. The fourth-order valence-electron chi connectivity index (χ4n) is 2.33. The van der Waals surface area contributed by atoms with E-state index in [0.717, 1.165) is 19.0 Å². The molecule has 1 fully saturated rings. The fraction of sp³-hybridized carbons (Fsp3) is 0.929. The number of hydrogen-bond acceptors (Lipinski definition) is 2. The molecule has 0 saturated carbocycles. The van der Waals surface area contributed by atoms with Gasteiger partial charge in [0.05, 0.1) is 0 Å². The summed E-state index contributed by atoms with van der Waals surface area (Å²) >= 11 is 0. The quantitative estimate of drug-likeness (QED) is 0.421. The molecule has 1 aliphatic rings. The molecule has 1 rings (SSSR count). The summed E-state index contributed by atoms with van der Waals surface area (Å²) in [6, 6.07) is 0. The number of nitrogens with one attached hydrogen (secondary N) is 1. The first-order valence-electron chi connectivity index (χ1n) is 7.38. The van der Waals surface area contributed by atoms with E-state index >= 15 is 0 Å². The van der Waals surface area contributed by atoms with Crippen LogP contribution in [-0.4, -0.2) is 43.6 Å². The molecule has 4 nitrogen and oxygen atoms in total. The molecular formula is C14H31IN4. The van der Waals surface area contributed by atoms with E-state index in [1.807, 2.05) is 0 Å². The van der Waals surface area contributed by atoms with E-state index in [2.05, 4.69) is 36.0 Å². The van der Waals surface area contributed by atoms with Crippen molar-refractivity contribution in [2.75, 3.05) is 32.7 Å². The molecule has 0 radical (unpaired) electrons. The average Bonchev–Trinajstić information content (AvgIpc) is 2.37. The van der Waals surface area contributed by atoms with E-state index < -0.39 is 0 Å². The van der Waals surface area contributed by atoms with Gasteiger partial charge in [0, 0.05) is 13.1 Å². The molecular weight excluding hydrogens is 351 g/mol. The fourth-order valence-corrected chi connectivity index (χ4v) is 2.33. The van der Waals surface area contributed by atoms with Gasteiger partial charge < -0.3 is 16.0 Å². The SMILES string of the molecule is CCN1CCC(CCNC(N)=NCC(C)C)CC1.I. The van der Waals surface area contributed by atoms with Crippen LogP contribution < -0.4 is 11.1 Å². The van der Waals surface area contributed by atoms with Gasteiger partial charge >= 0.3 is 0 Å². The number of guanidine groups is 1. The number of rotatable bonds is 6. The van der Waals surface area contributed by atoms with Gasteiger partial charge in [-0.2, -0.15) is 0 Å². The van der Waals surface area contributed by atoms with Gasteiger partial charge in [-0.1, -0.05) is 20.8 Å². The number of hydrogen-bond donors (Lipinski definition) is 2. The molecule has 0 aromatic heterocycles. The Balaban J connectivity index is 0.00000324. The highest BCUT2D eigenvalue weighted by Crippen LogP contribution is 2.19. The molecule has 0 aliphatic carbocycles. The molecule has 3 N–H and O–H groups in total. The molecule has 0 aromatic rings. The largest absolute Gasteiger partial charge is 0.370 e. The molecule has 5 heteroatoms. The zero-order valence-corrected chi connectivity index (χ0v) is 15.0. The van der Waals surface area contributed by atoms with Gasteiger partial charge in [0.25, 0.3) is 0 Å². The van der Waals surface area contributed by atoms with Gasteiger partial charge in [-0.05, 0) is 50.7 Å². The van der Waals surface area contributed by atoms with Crippen LogP contribution in [0.1, 0.15) is 40.0 Å². The lowest BCUT2D eigenvalue weighted by Crippen LogP contribution is -2.36. The second kappa shape index (κ2) is 10.7. The summed E-state index contributed by atoms with van der Waals surface area (Å²) < 4.78 is 0. The van der Waals surface area contributed by atoms with E-state index in [9.17, 15) is 0 Å².